The van der Waals surface area contributed by atoms with Gasteiger partial charge in [0.1, 0.15) is 12.2 Å². The molecule has 0 radical (unpaired) electrons. The van der Waals surface area contributed by atoms with Crippen molar-refractivity contribution >= 4 is 11.6 Å². The molecule has 0 bridgehead atoms. The van der Waals surface area contributed by atoms with E-state index in [1.165, 1.54) is 5.57 Å². The predicted molar refractivity (Wildman–Crippen MR) is 99.9 cm³/mol. The third kappa shape index (κ3) is 2.34. The second kappa shape index (κ2) is 6.23. The van der Waals surface area contributed by atoms with E-state index in [1.807, 2.05) is 6.08 Å². The van der Waals surface area contributed by atoms with Crippen LogP contribution in [-0.4, -0.2) is 47.2 Å². The Morgan fingerprint density at radius 3 is 2.67 bits per heavy atom. The molecule has 0 spiro atoms. The lowest BCUT2D eigenvalue weighted by molar-refractivity contribution is -0.189. The van der Waals surface area contributed by atoms with Crippen LogP contribution in [0.1, 0.15) is 58.8 Å². The van der Waals surface area contributed by atoms with E-state index in [4.69, 9.17) is 4.74 Å². The molecule has 3 saturated carbocycles. The second-order valence-electron chi connectivity index (χ2n) is 9.73. The maximum absolute atomic E-state index is 12.7. The highest BCUT2D eigenvalue weighted by atomic mass is 16.5. The van der Waals surface area contributed by atoms with Gasteiger partial charge in [0.2, 0.25) is 0 Å². The van der Waals surface area contributed by atoms with Crippen LogP contribution in [0.3, 0.4) is 0 Å². The molecule has 27 heavy (non-hydrogen) atoms. The Balaban J connectivity index is 1.75. The standard InChI is InChI=1S/C22H32O5/c1-20-8-6-14(24)10-13(20)4-5-15-16-7-9-22(27-3,18(26)12-23)21(16,2)11-17(25)19(15)20/h10,15-17,19,23,25H,4-9,11-12H2,1-3H3/t15-,16-,17-,19?,20-,21-,22-/m0/s1. The highest BCUT2D eigenvalue weighted by Crippen LogP contribution is 2.68. The summed E-state index contributed by atoms with van der Waals surface area (Å²) in [5.41, 5.74) is -0.385. The lowest BCUT2D eigenvalue weighted by Gasteiger charge is -2.60. The normalized spacial score (nSPS) is 49.1. The zero-order chi connectivity index (χ0) is 19.6. The smallest absolute Gasteiger partial charge is 0.190 e. The third-order valence-corrected chi connectivity index (χ3v) is 8.96. The van der Waals surface area contributed by atoms with Gasteiger partial charge in [-0.25, -0.2) is 0 Å². The Morgan fingerprint density at radius 2 is 2.00 bits per heavy atom. The van der Waals surface area contributed by atoms with Gasteiger partial charge in [-0.2, -0.15) is 0 Å². The Hall–Kier alpha value is -1.04. The van der Waals surface area contributed by atoms with E-state index in [9.17, 15) is 19.8 Å². The number of methoxy groups -OCH3 is 1. The first kappa shape index (κ1) is 19.3. The summed E-state index contributed by atoms with van der Waals surface area (Å²) in [5.74, 6) is 0.686. The average molecular weight is 376 g/mol. The SMILES string of the molecule is CO[C@]1(C(=O)CO)CC[C@H]2[C@@H]3CCC4=CC(=O)CC[C@]4(C)C3[C@@H](O)C[C@@]21C. The van der Waals surface area contributed by atoms with Gasteiger partial charge >= 0.3 is 0 Å². The minimum atomic E-state index is -1.00. The molecule has 0 aromatic rings. The first-order valence-corrected chi connectivity index (χ1v) is 10.3. The fraction of sp³-hybridized carbons (Fsp3) is 0.818. The summed E-state index contributed by atoms with van der Waals surface area (Å²) in [4.78, 5) is 24.7. The summed E-state index contributed by atoms with van der Waals surface area (Å²) in [7, 11) is 1.56. The number of ether oxygens (including phenoxy) is 1. The number of allylic oxidation sites excluding steroid dienone is 1. The van der Waals surface area contributed by atoms with Crippen molar-refractivity contribution in [2.24, 2.45) is 28.6 Å². The van der Waals surface area contributed by atoms with E-state index < -0.39 is 23.7 Å². The van der Waals surface area contributed by atoms with Crippen molar-refractivity contribution in [2.45, 2.75) is 70.5 Å². The van der Waals surface area contributed by atoms with Gasteiger partial charge in [0.25, 0.3) is 0 Å². The number of Topliss-reactive ketones (excluding diaryl/α,β-unsaturated/α-hetero) is 1. The van der Waals surface area contributed by atoms with Crippen LogP contribution in [0.2, 0.25) is 0 Å². The summed E-state index contributed by atoms with van der Waals surface area (Å²) < 4.78 is 5.82. The lowest BCUT2D eigenvalue weighted by Crippen LogP contribution is -2.62. The quantitative estimate of drug-likeness (QED) is 0.790. The molecule has 2 N–H and O–H groups in total. The highest BCUT2D eigenvalue weighted by Gasteiger charge is 2.68. The molecule has 0 aliphatic heterocycles. The zero-order valence-electron chi connectivity index (χ0n) is 16.7. The molecule has 3 fully saturated rings. The molecule has 1 unspecified atom stereocenters. The van der Waals surface area contributed by atoms with Crippen molar-refractivity contribution in [1.29, 1.82) is 0 Å². The van der Waals surface area contributed by atoms with Crippen LogP contribution in [0.25, 0.3) is 0 Å². The first-order chi connectivity index (χ1) is 12.7. The Labute approximate surface area is 161 Å². The van der Waals surface area contributed by atoms with Crippen molar-refractivity contribution in [2.75, 3.05) is 13.7 Å². The van der Waals surface area contributed by atoms with Gasteiger partial charge in [-0.05, 0) is 67.8 Å². The number of hydrogen-bond acceptors (Lipinski definition) is 5. The molecule has 4 aliphatic carbocycles. The molecule has 7 atom stereocenters. The number of hydrogen-bond donors (Lipinski definition) is 2. The molecule has 0 aromatic heterocycles. The van der Waals surface area contributed by atoms with E-state index in [1.54, 1.807) is 7.11 Å². The van der Waals surface area contributed by atoms with Gasteiger partial charge in [-0.1, -0.05) is 19.4 Å². The summed E-state index contributed by atoms with van der Waals surface area (Å²) in [6.07, 6.45) is 6.53. The minimum absolute atomic E-state index is 0.126. The van der Waals surface area contributed by atoms with E-state index >= 15 is 0 Å². The van der Waals surface area contributed by atoms with E-state index in [0.29, 0.717) is 25.2 Å². The number of aliphatic hydroxyl groups excluding tert-OH is 2. The van der Waals surface area contributed by atoms with E-state index in [-0.39, 0.29) is 28.8 Å². The molecule has 150 valence electrons. The predicted octanol–water partition coefficient (Wildman–Crippen LogP) is 2.44. The minimum Gasteiger partial charge on any atom is -0.393 e. The molecular weight excluding hydrogens is 344 g/mol. The van der Waals surface area contributed by atoms with Crippen LogP contribution < -0.4 is 0 Å². The summed E-state index contributed by atoms with van der Waals surface area (Å²) in [6, 6.07) is 0. The molecule has 5 heteroatoms. The molecule has 0 saturated heterocycles. The zero-order valence-corrected chi connectivity index (χ0v) is 16.7. The molecule has 0 amide bonds. The monoisotopic (exact) mass is 376 g/mol. The van der Waals surface area contributed by atoms with Crippen LogP contribution in [-0.2, 0) is 14.3 Å². The van der Waals surface area contributed by atoms with Crippen LogP contribution in [0, 0.1) is 28.6 Å². The second-order valence-corrected chi connectivity index (χ2v) is 9.73. The first-order valence-electron chi connectivity index (χ1n) is 10.3. The van der Waals surface area contributed by atoms with Gasteiger partial charge in [0.15, 0.2) is 11.6 Å². The number of rotatable bonds is 3. The van der Waals surface area contributed by atoms with Crippen LogP contribution >= 0.6 is 0 Å². The summed E-state index contributed by atoms with van der Waals surface area (Å²) in [6.45, 7) is 3.79. The molecule has 4 rings (SSSR count). The van der Waals surface area contributed by atoms with Gasteiger partial charge in [-0.3, -0.25) is 9.59 Å². The fourth-order valence-corrected chi connectivity index (χ4v) is 7.71. The summed E-state index contributed by atoms with van der Waals surface area (Å²) in [5, 5.41) is 20.9. The van der Waals surface area contributed by atoms with Gasteiger partial charge in [0.05, 0.1) is 6.10 Å². The molecule has 0 aromatic carbocycles. The van der Waals surface area contributed by atoms with Crippen LogP contribution in [0.5, 0.6) is 0 Å². The van der Waals surface area contributed by atoms with Crippen molar-refractivity contribution < 1.29 is 24.5 Å². The highest BCUT2D eigenvalue weighted by molar-refractivity contribution is 5.92. The van der Waals surface area contributed by atoms with Gasteiger partial charge in [0, 0.05) is 18.9 Å². The van der Waals surface area contributed by atoms with Crippen molar-refractivity contribution in [3.63, 3.8) is 0 Å². The number of carbonyl (C=O) groups is 2. The summed E-state index contributed by atoms with van der Waals surface area (Å²) >= 11 is 0. The van der Waals surface area contributed by atoms with Crippen molar-refractivity contribution in [3.05, 3.63) is 11.6 Å². The molecular formula is C22H32O5. The van der Waals surface area contributed by atoms with Crippen molar-refractivity contribution in [1.82, 2.24) is 0 Å². The molecule has 4 aliphatic rings. The Bertz CT molecular complexity index is 699. The Morgan fingerprint density at radius 1 is 1.26 bits per heavy atom. The maximum Gasteiger partial charge on any atom is 0.190 e. The van der Waals surface area contributed by atoms with E-state index in [2.05, 4.69) is 13.8 Å². The molecule has 0 heterocycles. The number of carbonyl (C=O) groups excluding carboxylic acids is 2. The number of ketones is 2. The van der Waals surface area contributed by atoms with Crippen molar-refractivity contribution in [3.8, 4) is 0 Å². The number of fused-ring (bicyclic) bond motifs is 5. The average Bonchev–Trinajstić information content (AvgIpc) is 2.94. The van der Waals surface area contributed by atoms with Gasteiger partial charge < -0.3 is 14.9 Å². The van der Waals surface area contributed by atoms with E-state index in [0.717, 1.165) is 25.7 Å². The number of aliphatic hydroxyl groups is 2. The molecule has 5 nitrogen and oxygen atoms in total. The topological polar surface area (TPSA) is 83.8 Å². The largest absolute Gasteiger partial charge is 0.393 e. The van der Waals surface area contributed by atoms with Crippen LogP contribution in [0.4, 0.5) is 0 Å². The van der Waals surface area contributed by atoms with Crippen LogP contribution in [0.15, 0.2) is 11.6 Å². The third-order valence-electron chi connectivity index (χ3n) is 8.96. The lowest BCUT2D eigenvalue weighted by atomic mass is 9.45. The maximum atomic E-state index is 12.7. The van der Waals surface area contributed by atoms with Gasteiger partial charge in [-0.15, -0.1) is 0 Å². The fourth-order valence-electron chi connectivity index (χ4n) is 7.71. The Kier molecular flexibility index (Phi) is 4.45.